The lowest BCUT2D eigenvalue weighted by molar-refractivity contribution is -0.142. The van der Waals surface area contributed by atoms with E-state index < -0.39 is 53.8 Å². The molecule has 4 atom stereocenters. The van der Waals surface area contributed by atoms with E-state index in [1.807, 2.05) is 0 Å². The van der Waals surface area contributed by atoms with Gasteiger partial charge in [0.1, 0.15) is 23.9 Å². The Morgan fingerprint density at radius 1 is 0.921 bits per heavy atom. The van der Waals surface area contributed by atoms with Crippen molar-refractivity contribution in [3.63, 3.8) is 0 Å². The summed E-state index contributed by atoms with van der Waals surface area (Å²) < 4.78 is 0. The van der Waals surface area contributed by atoms with Crippen LogP contribution in [0.25, 0.3) is 0 Å². The van der Waals surface area contributed by atoms with Crippen LogP contribution in [0.5, 0.6) is 5.75 Å². The van der Waals surface area contributed by atoms with Gasteiger partial charge in [0.25, 0.3) is 0 Å². The molecule has 0 spiro atoms. The normalized spacial score (nSPS) is 13.9. The number of benzene rings is 1. The second kappa shape index (κ2) is 14.6. The molecule has 2 aromatic rings. The predicted octanol–water partition coefficient (Wildman–Crippen LogP) is -1.44. The van der Waals surface area contributed by atoms with Crippen LogP contribution in [0.2, 0.25) is 0 Å². The molecule has 0 aliphatic heterocycles. The minimum absolute atomic E-state index is 0.0126. The van der Waals surface area contributed by atoms with Crippen molar-refractivity contribution in [2.24, 2.45) is 5.73 Å². The summed E-state index contributed by atoms with van der Waals surface area (Å²) in [5.41, 5.74) is 6.71. The highest BCUT2D eigenvalue weighted by atomic mass is 32.1. The van der Waals surface area contributed by atoms with Gasteiger partial charge in [-0.15, -0.1) is 0 Å². The summed E-state index contributed by atoms with van der Waals surface area (Å²) in [7, 11) is 0. The van der Waals surface area contributed by atoms with Gasteiger partial charge in [0.05, 0.1) is 12.4 Å². The third-order valence-corrected chi connectivity index (χ3v) is 5.79. The van der Waals surface area contributed by atoms with E-state index in [1.165, 1.54) is 36.8 Å². The molecule has 0 fully saturated rings. The third-order valence-electron chi connectivity index (χ3n) is 5.42. The lowest BCUT2D eigenvalue weighted by atomic mass is 10.0. The zero-order chi connectivity index (χ0) is 28.2. The van der Waals surface area contributed by atoms with Crippen LogP contribution in [0.3, 0.4) is 0 Å². The number of aliphatic carboxylic acids is 2. The number of phenols is 1. The molecule has 3 amide bonds. The van der Waals surface area contributed by atoms with Gasteiger partial charge in [0.2, 0.25) is 17.7 Å². The average molecular weight is 551 g/mol. The van der Waals surface area contributed by atoms with Crippen LogP contribution in [0.15, 0.2) is 36.8 Å². The number of phenolic OH excluding ortho intramolecular Hbond substituents is 1. The Kier molecular flexibility index (Phi) is 11.6. The van der Waals surface area contributed by atoms with E-state index in [9.17, 15) is 34.2 Å². The van der Waals surface area contributed by atoms with Crippen molar-refractivity contribution in [2.45, 2.75) is 49.9 Å². The summed E-state index contributed by atoms with van der Waals surface area (Å²) in [4.78, 5) is 67.5. The van der Waals surface area contributed by atoms with Crippen molar-refractivity contribution >= 4 is 42.3 Å². The van der Waals surface area contributed by atoms with Crippen molar-refractivity contribution in [3.8, 4) is 5.75 Å². The van der Waals surface area contributed by atoms with Gasteiger partial charge in [-0.25, -0.2) is 9.78 Å². The summed E-state index contributed by atoms with van der Waals surface area (Å²) in [5, 5.41) is 35.2. The van der Waals surface area contributed by atoms with E-state index in [0.717, 1.165) is 0 Å². The van der Waals surface area contributed by atoms with Gasteiger partial charge in [0, 0.05) is 36.9 Å². The molecule has 2 rings (SSSR count). The van der Waals surface area contributed by atoms with Crippen molar-refractivity contribution in [1.82, 2.24) is 25.9 Å². The smallest absolute Gasteiger partial charge is 0.326 e. The second-order valence-corrected chi connectivity index (χ2v) is 8.76. The Hall–Kier alpha value is -4.11. The number of nitrogens with one attached hydrogen (secondary N) is 4. The number of H-pyrrole nitrogens is 1. The van der Waals surface area contributed by atoms with Gasteiger partial charge in [0.15, 0.2) is 0 Å². The molecule has 4 unspecified atom stereocenters. The zero-order valence-corrected chi connectivity index (χ0v) is 21.1. The highest BCUT2D eigenvalue weighted by Crippen LogP contribution is 2.12. The number of carboxylic acids is 2. The second-order valence-electron chi connectivity index (χ2n) is 8.39. The van der Waals surface area contributed by atoms with Gasteiger partial charge < -0.3 is 42.0 Å². The number of nitrogens with zero attached hydrogens (tertiary/aromatic N) is 1. The van der Waals surface area contributed by atoms with Crippen molar-refractivity contribution in [3.05, 3.63) is 48.0 Å². The molecule has 1 aromatic carbocycles. The first-order chi connectivity index (χ1) is 18.0. The first-order valence-corrected chi connectivity index (χ1v) is 12.1. The van der Waals surface area contributed by atoms with Crippen LogP contribution in [0.4, 0.5) is 0 Å². The Labute approximate surface area is 222 Å². The van der Waals surface area contributed by atoms with Gasteiger partial charge in [-0.3, -0.25) is 19.2 Å². The van der Waals surface area contributed by atoms with Gasteiger partial charge in [-0.1, -0.05) is 12.1 Å². The van der Waals surface area contributed by atoms with Crippen molar-refractivity contribution in [1.29, 1.82) is 0 Å². The zero-order valence-electron chi connectivity index (χ0n) is 20.2. The Bertz CT molecular complexity index is 1110. The molecule has 206 valence electrons. The van der Waals surface area contributed by atoms with E-state index in [4.69, 9.17) is 10.8 Å². The van der Waals surface area contributed by atoms with Gasteiger partial charge >= 0.3 is 11.9 Å². The summed E-state index contributed by atoms with van der Waals surface area (Å²) in [6.07, 6.45) is 2.12. The third kappa shape index (κ3) is 9.74. The highest BCUT2D eigenvalue weighted by molar-refractivity contribution is 7.80. The monoisotopic (exact) mass is 550 g/mol. The van der Waals surface area contributed by atoms with Gasteiger partial charge in [-0.05, 0) is 24.1 Å². The van der Waals surface area contributed by atoms with Crippen LogP contribution in [0.1, 0.15) is 24.1 Å². The first-order valence-electron chi connectivity index (χ1n) is 11.5. The number of aromatic nitrogens is 2. The molecule has 0 bridgehead atoms. The number of aromatic amines is 1. The molecular weight excluding hydrogens is 520 g/mol. The number of hydrogen-bond donors (Lipinski definition) is 9. The summed E-state index contributed by atoms with van der Waals surface area (Å²) >= 11 is 4.07. The fraction of sp³-hybridized carbons (Fsp3) is 0.391. The van der Waals surface area contributed by atoms with E-state index in [1.54, 1.807) is 0 Å². The molecule has 15 heteroatoms. The van der Waals surface area contributed by atoms with Crippen molar-refractivity contribution < 1.29 is 39.3 Å². The van der Waals surface area contributed by atoms with Crippen molar-refractivity contribution in [2.75, 3.05) is 5.75 Å². The lowest BCUT2D eigenvalue weighted by Crippen LogP contribution is -2.58. The molecule has 1 heterocycles. The standard InChI is InChI=1S/C23H30N6O8S/c24-15(5-6-19(31)32)20(33)29-18(10-38)22(35)27-16(7-12-1-3-14(30)4-2-12)21(34)28-17(23(36)37)8-13-9-25-11-26-13/h1-4,9,11,15-18,30,38H,5-8,10,24H2,(H,25,26)(H,27,35)(H,28,34)(H,29,33)(H,31,32)(H,36,37). The topological polar surface area (TPSA) is 237 Å². The average Bonchev–Trinajstić information content (AvgIpc) is 3.39. The van der Waals surface area contributed by atoms with Crippen LogP contribution in [-0.2, 0) is 36.8 Å². The highest BCUT2D eigenvalue weighted by Gasteiger charge is 2.30. The maximum Gasteiger partial charge on any atom is 0.326 e. The minimum atomic E-state index is -1.34. The maximum atomic E-state index is 13.1. The van der Waals surface area contributed by atoms with E-state index in [2.05, 4.69) is 38.5 Å². The molecule has 0 saturated carbocycles. The maximum absolute atomic E-state index is 13.1. The number of carbonyl (C=O) groups is 5. The van der Waals surface area contributed by atoms with Crippen LogP contribution >= 0.6 is 12.6 Å². The number of carbonyl (C=O) groups excluding carboxylic acids is 3. The number of imidazole rings is 1. The summed E-state index contributed by atoms with van der Waals surface area (Å²) in [5.74, 6) is -5.00. The SMILES string of the molecule is NC(CCC(=O)O)C(=O)NC(CS)C(=O)NC(Cc1ccc(O)cc1)C(=O)NC(Cc1cnc[nH]1)C(=O)O. The number of rotatable bonds is 15. The first kappa shape index (κ1) is 30.1. The number of carboxylic acid groups (broad SMARTS) is 2. The largest absolute Gasteiger partial charge is 0.508 e. The molecule has 1 aromatic heterocycles. The van der Waals surface area contributed by atoms with E-state index in [-0.39, 0.29) is 37.2 Å². The number of nitrogens with two attached hydrogens (primary N) is 1. The molecule has 0 radical (unpaired) electrons. The van der Waals surface area contributed by atoms with Gasteiger partial charge in [-0.2, -0.15) is 12.6 Å². The number of amides is 3. The Balaban J connectivity index is 2.16. The fourth-order valence-electron chi connectivity index (χ4n) is 3.32. The number of hydrogen-bond acceptors (Lipinski definition) is 9. The predicted molar refractivity (Wildman–Crippen MR) is 136 cm³/mol. The summed E-state index contributed by atoms with van der Waals surface area (Å²) in [6, 6.07) is 0.818. The molecule has 0 aliphatic carbocycles. The molecule has 0 saturated heterocycles. The Morgan fingerprint density at radius 2 is 1.53 bits per heavy atom. The lowest BCUT2D eigenvalue weighted by Gasteiger charge is -2.24. The molecule has 9 N–H and O–H groups in total. The molecule has 14 nitrogen and oxygen atoms in total. The van der Waals surface area contributed by atoms with Crippen LogP contribution < -0.4 is 21.7 Å². The van der Waals surface area contributed by atoms with E-state index in [0.29, 0.717) is 11.3 Å². The minimum Gasteiger partial charge on any atom is -0.508 e. The number of thiol groups is 1. The molecule has 38 heavy (non-hydrogen) atoms. The van der Waals surface area contributed by atoms with E-state index >= 15 is 0 Å². The van der Waals surface area contributed by atoms with Crippen LogP contribution in [-0.4, -0.2) is 84.9 Å². The molecule has 0 aliphatic rings. The summed E-state index contributed by atoms with van der Waals surface area (Å²) in [6.45, 7) is 0. The quantitative estimate of drug-likeness (QED) is 0.117. The van der Waals surface area contributed by atoms with Crippen LogP contribution in [0, 0.1) is 0 Å². The Morgan fingerprint density at radius 3 is 2.08 bits per heavy atom. The molecular formula is C23H30N6O8S. The fourth-order valence-corrected chi connectivity index (χ4v) is 3.58. The number of aromatic hydroxyl groups is 1.